The van der Waals surface area contributed by atoms with Crippen LogP contribution < -0.4 is 4.74 Å². The average molecular weight is 440 g/mol. The monoisotopic (exact) mass is 439 g/mol. The molecular formula is C29H29NO3. The Bertz CT molecular complexity index is 1310. The van der Waals surface area contributed by atoms with Gasteiger partial charge in [0.1, 0.15) is 11.4 Å². The number of fused-ring (bicyclic) bond motifs is 4. The summed E-state index contributed by atoms with van der Waals surface area (Å²) in [5.74, 6) is 0.844. The summed E-state index contributed by atoms with van der Waals surface area (Å²) in [6.07, 6.45) is 1.28. The quantitative estimate of drug-likeness (QED) is 0.450. The molecule has 4 aromatic carbocycles. The minimum atomic E-state index is -0.522. The fourth-order valence-corrected chi connectivity index (χ4v) is 5.57. The summed E-state index contributed by atoms with van der Waals surface area (Å²) >= 11 is 0. The van der Waals surface area contributed by atoms with Gasteiger partial charge in [0, 0.05) is 37.0 Å². The number of ether oxygens (including phenoxy) is 1. The molecule has 2 N–H and O–H groups in total. The standard InChI is InChI=1S/C29H29NO3/c31-26-18-29(33-28-24-8-4-3-6-21(24)11-12-25(26)28)13-15-30(16-14-29)19-27(32)23-10-9-20-5-1-2-7-22(20)17-23/h1-12,17,26-27,31-32H,13-16,18-19H2/t26-,27-/m1/s1. The van der Waals surface area contributed by atoms with Crippen molar-refractivity contribution >= 4 is 21.5 Å². The predicted molar refractivity (Wildman–Crippen MR) is 131 cm³/mol. The van der Waals surface area contributed by atoms with E-state index in [1.807, 2.05) is 36.4 Å². The fourth-order valence-electron chi connectivity index (χ4n) is 5.57. The molecule has 4 heteroatoms. The molecule has 0 aliphatic carbocycles. The van der Waals surface area contributed by atoms with E-state index in [1.165, 1.54) is 5.39 Å². The van der Waals surface area contributed by atoms with E-state index in [0.29, 0.717) is 13.0 Å². The molecule has 1 saturated heterocycles. The number of likely N-dealkylation sites (tertiary alicyclic amines) is 1. The lowest BCUT2D eigenvalue weighted by atomic mass is 9.81. The van der Waals surface area contributed by atoms with Gasteiger partial charge in [-0.3, -0.25) is 0 Å². The normalized spacial score (nSPS) is 21.1. The highest BCUT2D eigenvalue weighted by Gasteiger charge is 2.43. The number of piperidine rings is 1. The lowest BCUT2D eigenvalue weighted by Gasteiger charge is -2.46. The van der Waals surface area contributed by atoms with Crippen LogP contribution in [0.2, 0.25) is 0 Å². The molecule has 0 bridgehead atoms. The first-order valence-corrected chi connectivity index (χ1v) is 11.9. The summed E-state index contributed by atoms with van der Waals surface area (Å²) in [5, 5.41) is 26.4. The summed E-state index contributed by atoms with van der Waals surface area (Å²) in [4.78, 5) is 2.32. The second kappa shape index (κ2) is 8.14. The minimum Gasteiger partial charge on any atom is -0.486 e. The SMILES string of the molecule is O[C@H](CN1CCC2(CC1)C[C@@H](O)c1ccc3ccccc3c1O2)c1ccc2ccccc2c1. The lowest BCUT2D eigenvalue weighted by molar-refractivity contribution is -0.0577. The van der Waals surface area contributed by atoms with E-state index in [4.69, 9.17) is 4.74 Å². The van der Waals surface area contributed by atoms with Gasteiger partial charge in [-0.1, -0.05) is 72.8 Å². The largest absolute Gasteiger partial charge is 0.486 e. The molecular weight excluding hydrogens is 410 g/mol. The molecule has 0 amide bonds. The van der Waals surface area contributed by atoms with Gasteiger partial charge in [0.25, 0.3) is 0 Å². The maximum atomic E-state index is 11.0. The van der Waals surface area contributed by atoms with Crippen LogP contribution in [0, 0.1) is 0 Å². The zero-order valence-corrected chi connectivity index (χ0v) is 18.7. The van der Waals surface area contributed by atoms with Crippen molar-refractivity contribution in [1.29, 1.82) is 0 Å². The Kier molecular flexibility index (Phi) is 5.10. The third kappa shape index (κ3) is 3.78. The Morgan fingerprint density at radius 2 is 1.58 bits per heavy atom. The Morgan fingerprint density at radius 1 is 0.879 bits per heavy atom. The Labute approximate surface area is 194 Å². The number of benzene rings is 4. The molecule has 1 fully saturated rings. The first kappa shape index (κ1) is 20.7. The maximum Gasteiger partial charge on any atom is 0.133 e. The zero-order valence-electron chi connectivity index (χ0n) is 18.7. The van der Waals surface area contributed by atoms with E-state index in [-0.39, 0.29) is 5.60 Å². The van der Waals surface area contributed by atoms with Gasteiger partial charge in [0.15, 0.2) is 0 Å². The van der Waals surface area contributed by atoms with Crippen molar-refractivity contribution in [3.05, 3.63) is 90.0 Å². The molecule has 0 aromatic heterocycles. The molecule has 0 radical (unpaired) electrons. The highest BCUT2D eigenvalue weighted by molar-refractivity contribution is 5.90. The van der Waals surface area contributed by atoms with Crippen LogP contribution in [-0.4, -0.2) is 40.3 Å². The lowest BCUT2D eigenvalue weighted by Crippen LogP contribution is -2.51. The van der Waals surface area contributed by atoms with Gasteiger partial charge in [-0.15, -0.1) is 0 Å². The topological polar surface area (TPSA) is 52.9 Å². The first-order valence-electron chi connectivity index (χ1n) is 11.9. The van der Waals surface area contributed by atoms with E-state index in [0.717, 1.165) is 59.0 Å². The highest BCUT2D eigenvalue weighted by Crippen LogP contribution is 2.47. The van der Waals surface area contributed by atoms with Crippen molar-refractivity contribution in [3.8, 4) is 5.75 Å². The number of hydrogen-bond donors (Lipinski definition) is 2. The van der Waals surface area contributed by atoms with Crippen LogP contribution >= 0.6 is 0 Å². The molecule has 33 heavy (non-hydrogen) atoms. The van der Waals surface area contributed by atoms with Gasteiger partial charge in [0.2, 0.25) is 0 Å². The van der Waals surface area contributed by atoms with Crippen LogP contribution in [0.4, 0.5) is 0 Å². The molecule has 6 rings (SSSR count). The van der Waals surface area contributed by atoms with Gasteiger partial charge in [0.05, 0.1) is 12.2 Å². The summed E-state index contributed by atoms with van der Waals surface area (Å²) in [6.45, 7) is 2.30. The number of nitrogens with zero attached hydrogens (tertiary/aromatic N) is 1. The molecule has 2 heterocycles. The highest BCUT2D eigenvalue weighted by atomic mass is 16.5. The van der Waals surface area contributed by atoms with E-state index in [9.17, 15) is 10.2 Å². The van der Waals surface area contributed by atoms with Crippen molar-refractivity contribution in [3.63, 3.8) is 0 Å². The summed E-state index contributed by atoms with van der Waals surface area (Å²) < 4.78 is 6.68. The summed E-state index contributed by atoms with van der Waals surface area (Å²) in [5.41, 5.74) is 1.51. The van der Waals surface area contributed by atoms with Gasteiger partial charge in [-0.25, -0.2) is 0 Å². The Hall–Kier alpha value is -2.92. The molecule has 0 saturated carbocycles. The van der Waals surface area contributed by atoms with Gasteiger partial charge in [-0.05, 0) is 40.6 Å². The molecule has 1 spiro atoms. The maximum absolute atomic E-state index is 11.0. The van der Waals surface area contributed by atoms with Crippen molar-refractivity contribution in [2.24, 2.45) is 0 Å². The van der Waals surface area contributed by atoms with Crippen LogP contribution in [0.15, 0.2) is 78.9 Å². The second-order valence-corrected chi connectivity index (χ2v) is 9.63. The van der Waals surface area contributed by atoms with Gasteiger partial charge >= 0.3 is 0 Å². The van der Waals surface area contributed by atoms with Gasteiger partial charge < -0.3 is 19.8 Å². The third-order valence-electron chi connectivity index (χ3n) is 7.51. The predicted octanol–water partition coefficient (Wildman–Crippen LogP) is 5.38. The van der Waals surface area contributed by atoms with Crippen LogP contribution in [0.3, 0.4) is 0 Å². The molecule has 2 aliphatic heterocycles. The smallest absolute Gasteiger partial charge is 0.133 e. The van der Waals surface area contributed by atoms with Gasteiger partial charge in [-0.2, -0.15) is 0 Å². The van der Waals surface area contributed by atoms with E-state index >= 15 is 0 Å². The minimum absolute atomic E-state index is 0.346. The average Bonchev–Trinajstić information content (AvgIpc) is 2.85. The van der Waals surface area contributed by atoms with Crippen molar-refractivity contribution in [2.75, 3.05) is 19.6 Å². The molecule has 0 unspecified atom stereocenters. The van der Waals surface area contributed by atoms with Crippen LogP contribution in [0.25, 0.3) is 21.5 Å². The number of aliphatic hydroxyl groups excluding tert-OH is 2. The Balaban J connectivity index is 1.17. The molecule has 4 aromatic rings. The fraction of sp³-hybridized carbons (Fsp3) is 0.310. The number of aliphatic hydroxyl groups is 2. The molecule has 168 valence electrons. The third-order valence-corrected chi connectivity index (χ3v) is 7.51. The molecule has 2 atom stereocenters. The van der Waals surface area contributed by atoms with E-state index in [2.05, 4.69) is 47.4 Å². The number of rotatable bonds is 3. The first-order chi connectivity index (χ1) is 16.1. The number of β-amino-alcohol motifs (C(OH)–C–C–N with tert-alkyl or cyclic N) is 1. The van der Waals surface area contributed by atoms with Crippen LogP contribution in [-0.2, 0) is 0 Å². The second-order valence-electron chi connectivity index (χ2n) is 9.63. The zero-order chi connectivity index (χ0) is 22.4. The van der Waals surface area contributed by atoms with Crippen molar-refractivity contribution in [2.45, 2.75) is 37.1 Å². The summed E-state index contributed by atoms with van der Waals surface area (Å²) in [6, 6.07) is 26.7. The molecule has 2 aliphatic rings. The van der Waals surface area contributed by atoms with Crippen LogP contribution in [0.5, 0.6) is 5.75 Å². The van der Waals surface area contributed by atoms with E-state index < -0.39 is 12.2 Å². The van der Waals surface area contributed by atoms with Crippen molar-refractivity contribution in [1.82, 2.24) is 4.90 Å². The molecule has 4 nitrogen and oxygen atoms in total. The number of hydrogen-bond acceptors (Lipinski definition) is 4. The Morgan fingerprint density at radius 3 is 2.39 bits per heavy atom. The van der Waals surface area contributed by atoms with Crippen molar-refractivity contribution < 1.29 is 14.9 Å². The van der Waals surface area contributed by atoms with E-state index in [1.54, 1.807) is 0 Å². The van der Waals surface area contributed by atoms with Crippen LogP contribution in [0.1, 0.15) is 42.6 Å². The summed E-state index contributed by atoms with van der Waals surface area (Å²) in [7, 11) is 0.